The van der Waals surface area contributed by atoms with Gasteiger partial charge < -0.3 is 10.2 Å². The maximum absolute atomic E-state index is 9.25. The Bertz CT molecular complexity index is 102. The second-order valence-electron chi connectivity index (χ2n) is 2.92. The second kappa shape index (κ2) is 6.38. The van der Waals surface area contributed by atoms with Gasteiger partial charge in [-0.3, -0.25) is 0 Å². The summed E-state index contributed by atoms with van der Waals surface area (Å²) in [6.45, 7) is 5.75. The Labute approximate surface area is 68.6 Å². The van der Waals surface area contributed by atoms with Crippen molar-refractivity contribution in [1.29, 1.82) is 0 Å². The van der Waals surface area contributed by atoms with Gasteiger partial charge in [0.1, 0.15) is 0 Å². The minimum atomic E-state index is -0.395. The quantitative estimate of drug-likeness (QED) is 0.452. The summed E-state index contributed by atoms with van der Waals surface area (Å²) in [5.74, 6) is 0.263. The Hall–Kier alpha value is -0.340. The number of aliphatic hydroxyl groups excluding tert-OH is 2. The van der Waals surface area contributed by atoms with E-state index < -0.39 is 6.10 Å². The summed E-state index contributed by atoms with van der Waals surface area (Å²) in [4.78, 5) is 0. The smallest absolute Gasteiger partial charge is 0.0743 e. The predicted octanol–water partition coefficient (Wildman–Crippen LogP) is 1.33. The van der Waals surface area contributed by atoms with E-state index in [9.17, 15) is 5.11 Å². The number of aliphatic hydroxyl groups is 2. The lowest BCUT2D eigenvalue weighted by atomic mass is 9.98. The van der Waals surface area contributed by atoms with Crippen molar-refractivity contribution < 1.29 is 10.2 Å². The topological polar surface area (TPSA) is 40.5 Å². The zero-order chi connectivity index (χ0) is 8.69. The molecule has 0 saturated heterocycles. The Kier molecular flexibility index (Phi) is 6.18. The first-order valence-corrected chi connectivity index (χ1v) is 4.13. The summed E-state index contributed by atoms with van der Waals surface area (Å²) in [6.07, 6.45) is 3.92. The van der Waals surface area contributed by atoms with Gasteiger partial charge in [-0.2, -0.15) is 0 Å². The summed E-state index contributed by atoms with van der Waals surface area (Å²) in [5.41, 5.74) is 0. The van der Waals surface area contributed by atoms with Crippen LogP contribution in [0.4, 0.5) is 0 Å². The third-order valence-corrected chi connectivity index (χ3v) is 1.89. The van der Waals surface area contributed by atoms with Crippen molar-refractivity contribution in [3.05, 3.63) is 12.7 Å². The molecule has 0 aromatic heterocycles. The molecule has 0 radical (unpaired) electrons. The van der Waals surface area contributed by atoms with E-state index in [1.165, 1.54) is 0 Å². The highest BCUT2D eigenvalue weighted by molar-refractivity contribution is 4.81. The molecule has 0 spiro atoms. The largest absolute Gasteiger partial charge is 0.396 e. The minimum Gasteiger partial charge on any atom is -0.396 e. The first kappa shape index (κ1) is 10.7. The van der Waals surface area contributed by atoms with Crippen LogP contribution in [0.5, 0.6) is 0 Å². The first-order valence-electron chi connectivity index (χ1n) is 4.13. The fourth-order valence-electron chi connectivity index (χ4n) is 0.981. The van der Waals surface area contributed by atoms with Gasteiger partial charge in [0, 0.05) is 6.61 Å². The van der Waals surface area contributed by atoms with Crippen LogP contribution in [0.15, 0.2) is 12.7 Å². The van der Waals surface area contributed by atoms with Gasteiger partial charge in [-0.1, -0.05) is 19.4 Å². The molecule has 2 N–H and O–H groups in total. The van der Waals surface area contributed by atoms with E-state index in [1.54, 1.807) is 6.08 Å². The molecular weight excluding hydrogens is 140 g/mol. The van der Waals surface area contributed by atoms with Crippen molar-refractivity contribution in [3.63, 3.8) is 0 Å². The minimum absolute atomic E-state index is 0.247. The van der Waals surface area contributed by atoms with Crippen molar-refractivity contribution in [2.75, 3.05) is 6.61 Å². The lowest BCUT2D eigenvalue weighted by Gasteiger charge is -2.14. The average molecular weight is 158 g/mol. The summed E-state index contributed by atoms with van der Waals surface area (Å²) in [6, 6.07) is 0. The molecule has 66 valence electrons. The van der Waals surface area contributed by atoms with Gasteiger partial charge in [-0.25, -0.2) is 0 Å². The van der Waals surface area contributed by atoms with Crippen LogP contribution in [0.1, 0.15) is 26.2 Å². The summed E-state index contributed by atoms with van der Waals surface area (Å²) in [7, 11) is 0. The lowest BCUT2D eigenvalue weighted by molar-refractivity contribution is 0.153. The SMILES string of the molecule is C=CC(O)C(C)CCCCO. The van der Waals surface area contributed by atoms with Crippen molar-refractivity contribution in [3.8, 4) is 0 Å². The Morgan fingerprint density at radius 1 is 1.45 bits per heavy atom. The number of hydrogen-bond acceptors (Lipinski definition) is 2. The maximum Gasteiger partial charge on any atom is 0.0743 e. The molecule has 0 amide bonds. The predicted molar refractivity (Wildman–Crippen MR) is 46.3 cm³/mol. The molecule has 11 heavy (non-hydrogen) atoms. The molecule has 0 fully saturated rings. The van der Waals surface area contributed by atoms with Gasteiger partial charge in [-0.05, 0) is 18.8 Å². The van der Waals surface area contributed by atoms with Crippen LogP contribution in [-0.4, -0.2) is 22.9 Å². The van der Waals surface area contributed by atoms with Gasteiger partial charge in [0.25, 0.3) is 0 Å². The van der Waals surface area contributed by atoms with E-state index in [1.807, 2.05) is 6.92 Å². The molecule has 0 bridgehead atoms. The van der Waals surface area contributed by atoms with Crippen LogP contribution in [0.25, 0.3) is 0 Å². The molecule has 0 aliphatic carbocycles. The van der Waals surface area contributed by atoms with Gasteiger partial charge in [-0.15, -0.1) is 6.58 Å². The van der Waals surface area contributed by atoms with E-state index in [-0.39, 0.29) is 12.5 Å². The number of rotatable bonds is 6. The van der Waals surface area contributed by atoms with Crippen LogP contribution in [0.3, 0.4) is 0 Å². The molecule has 2 nitrogen and oxygen atoms in total. The molecule has 0 aromatic carbocycles. The van der Waals surface area contributed by atoms with Crippen molar-refractivity contribution in [2.24, 2.45) is 5.92 Å². The molecule has 0 heterocycles. The molecule has 0 rings (SSSR count). The first-order chi connectivity index (χ1) is 5.22. The third kappa shape index (κ3) is 4.99. The molecule has 0 saturated carbocycles. The lowest BCUT2D eigenvalue weighted by Crippen LogP contribution is -2.14. The molecular formula is C9H18O2. The summed E-state index contributed by atoms with van der Waals surface area (Å²) >= 11 is 0. The van der Waals surface area contributed by atoms with E-state index >= 15 is 0 Å². The zero-order valence-electron chi connectivity index (χ0n) is 7.16. The Balaban J connectivity index is 3.35. The van der Waals surface area contributed by atoms with E-state index in [4.69, 9.17) is 5.11 Å². The molecule has 2 unspecified atom stereocenters. The fraction of sp³-hybridized carbons (Fsp3) is 0.778. The summed E-state index contributed by atoms with van der Waals surface area (Å²) in [5, 5.41) is 17.7. The normalized spacial score (nSPS) is 15.9. The van der Waals surface area contributed by atoms with E-state index in [0.717, 1.165) is 19.3 Å². The van der Waals surface area contributed by atoms with Crippen LogP contribution >= 0.6 is 0 Å². The fourth-order valence-corrected chi connectivity index (χ4v) is 0.981. The highest BCUT2D eigenvalue weighted by Gasteiger charge is 2.08. The van der Waals surface area contributed by atoms with Crippen LogP contribution in [-0.2, 0) is 0 Å². The number of hydrogen-bond donors (Lipinski definition) is 2. The van der Waals surface area contributed by atoms with Gasteiger partial charge in [0.05, 0.1) is 6.10 Å². The Morgan fingerprint density at radius 3 is 2.55 bits per heavy atom. The molecule has 2 atom stereocenters. The van der Waals surface area contributed by atoms with Crippen LogP contribution in [0, 0.1) is 5.92 Å². The third-order valence-electron chi connectivity index (χ3n) is 1.89. The number of unbranched alkanes of at least 4 members (excludes halogenated alkanes) is 1. The van der Waals surface area contributed by atoms with Gasteiger partial charge in [0.2, 0.25) is 0 Å². The monoisotopic (exact) mass is 158 g/mol. The Morgan fingerprint density at radius 2 is 2.09 bits per heavy atom. The molecule has 0 aromatic rings. The second-order valence-corrected chi connectivity index (χ2v) is 2.92. The average Bonchev–Trinajstić information content (AvgIpc) is 2.03. The zero-order valence-corrected chi connectivity index (χ0v) is 7.16. The van der Waals surface area contributed by atoms with E-state index in [2.05, 4.69) is 6.58 Å². The highest BCUT2D eigenvalue weighted by Crippen LogP contribution is 2.12. The molecule has 0 aliphatic heterocycles. The maximum atomic E-state index is 9.25. The van der Waals surface area contributed by atoms with Crippen molar-refractivity contribution in [2.45, 2.75) is 32.3 Å². The van der Waals surface area contributed by atoms with E-state index in [0.29, 0.717) is 0 Å². The highest BCUT2D eigenvalue weighted by atomic mass is 16.3. The van der Waals surface area contributed by atoms with Crippen molar-refractivity contribution in [1.82, 2.24) is 0 Å². The summed E-state index contributed by atoms with van der Waals surface area (Å²) < 4.78 is 0. The molecule has 0 aliphatic rings. The standard InChI is InChI=1S/C9H18O2/c1-3-9(11)8(2)6-4-5-7-10/h3,8-11H,1,4-7H2,2H3. The molecule has 2 heteroatoms. The van der Waals surface area contributed by atoms with Gasteiger partial charge in [0.15, 0.2) is 0 Å². The van der Waals surface area contributed by atoms with Crippen LogP contribution in [0.2, 0.25) is 0 Å². The van der Waals surface area contributed by atoms with Crippen molar-refractivity contribution >= 4 is 0 Å². The van der Waals surface area contributed by atoms with Gasteiger partial charge >= 0.3 is 0 Å². The van der Waals surface area contributed by atoms with Crippen LogP contribution < -0.4 is 0 Å².